The molecule has 0 aromatic carbocycles. The van der Waals surface area contributed by atoms with E-state index < -0.39 is 12.1 Å². The first-order valence-electron chi connectivity index (χ1n) is 31.6. The van der Waals surface area contributed by atoms with Crippen LogP contribution in [0.2, 0.25) is 0 Å². The average molecular weight is 987 g/mol. The standard InChI is InChI=1S/C64H123NO5/c1-3-5-7-9-11-13-14-15-16-32-35-38-42-46-50-54-58-64(69)70-59-55-51-47-43-39-36-33-30-28-26-24-22-20-18-17-19-21-23-25-27-29-31-34-37-41-45-49-53-57-63(68)65-61(60-66)62(67)56-52-48-44-40-12-10-8-6-4-2/h16-18,32,61-62,66-67H,3-15,19-31,33-60H2,1-2H3,(H,65,68)/b18-17-,32-16-. The summed E-state index contributed by atoms with van der Waals surface area (Å²) in [5.74, 6) is -0.0278. The molecule has 6 heteroatoms. The summed E-state index contributed by atoms with van der Waals surface area (Å²) in [6.07, 6.45) is 73.5. The zero-order valence-electron chi connectivity index (χ0n) is 47.3. The topological polar surface area (TPSA) is 95.9 Å². The van der Waals surface area contributed by atoms with Crippen LogP contribution in [0.3, 0.4) is 0 Å². The smallest absolute Gasteiger partial charge is 0.305 e. The Bertz CT molecular complexity index is 1090. The lowest BCUT2D eigenvalue weighted by Gasteiger charge is -2.22. The molecule has 0 heterocycles. The summed E-state index contributed by atoms with van der Waals surface area (Å²) in [7, 11) is 0. The second-order valence-corrected chi connectivity index (χ2v) is 21.7. The van der Waals surface area contributed by atoms with Crippen molar-refractivity contribution in [3.05, 3.63) is 24.3 Å². The van der Waals surface area contributed by atoms with Crippen molar-refractivity contribution in [1.29, 1.82) is 0 Å². The molecule has 0 aliphatic carbocycles. The molecule has 0 aliphatic rings. The Hall–Kier alpha value is -1.66. The van der Waals surface area contributed by atoms with E-state index in [1.165, 1.54) is 270 Å². The van der Waals surface area contributed by atoms with E-state index in [9.17, 15) is 19.8 Å². The molecule has 2 atom stereocenters. The summed E-state index contributed by atoms with van der Waals surface area (Å²) in [5, 5.41) is 23.1. The number of carbonyl (C=O) groups is 2. The molecule has 1 amide bonds. The molecular formula is C64H123NO5. The Kier molecular flexibility index (Phi) is 58.5. The van der Waals surface area contributed by atoms with E-state index in [4.69, 9.17) is 4.74 Å². The number of amides is 1. The summed E-state index contributed by atoms with van der Waals surface area (Å²) in [6.45, 7) is 4.94. The Morgan fingerprint density at radius 1 is 0.386 bits per heavy atom. The van der Waals surface area contributed by atoms with Crippen LogP contribution < -0.4 is 5.32 Å². The van der Waals surface area contributed by atoms with Gasteiger partial charge in [0.2, 0.25) is 5.91 Å². The molecule has 2 unspecified atom stereocenters. The van der Waals surface area contributed by atoms with Crippen molar-refractivity contribution in [2.75, 3.05) is 13.2 Å². The highest BCUT2D eigenvalue weighted by Crippen LogP contribution is 2.17. The fourth-order valence-corrected chi connectivity index (χ4v) is 9.87. The Morgan fingerprint density at radius 2 is 0.671 bits per heavy atom. The first-order chi connectivity index (χ1) is 34.5. The van der Waals surface area contributed by atoms with Gasteiger partial charge in [-0.05, 0) is 77.0 Å². The molecule has 0 fully saturated rings. The molecule has 0 rings (SSSR count). The van der Waals surface area contributed by atoms with Gasteiger partial charge in [0.25, 0.3) is 0 Å². The molecular weight excluding hydrogens is 863 g/mol. The molecule has 0 saturated heterocycles. The summed E-state index contributed by atoms with van der Waals surface area (Å²) in [5.41, 5.74) is 0. The van der Waals surface area contributed by atoms with Crippen LogP contribution in [0.25, 0.3) is 0 Å². The number of carbonyl (C=O) groups excluding carboxylic acids is 2. The molecule has 70 heavy (non-hydrogen) atoms. The maximum atomic E-state index is 12.4. The van der Waals surface area contributed by atoms with Gasteiger partial charge in [0, 0.05) is 12.8 Å². The molecule has 414 valence electrons. The van der Waals surface area contributed by atoms with Gasteiger partial charge in [-0.2, -0.15) is 0 Å². The van der Waals surface area contributed by atoms with Crippen molar-refractivity contribution < 1.29 is 24.5 Å². The number of allylic oxidation sites excluding steroid dienone is 4. The normalized spacial score (nSPS) is 12.7. The summed E-state index contributed by atoms with van der Waals surface area (Å²) >= 11 is 0. The second kappa shape index (κ2) is 59.9. The predicted octanol–water partition coefficient (Wildman–Crippen LogP) is 19.8. The molecule has 6 nitrogen and oxygen atoms in total. The van der Waals surface area contributed by atoms with E-state index >= 15 is 0 Å². The molecule has 0 bridgehead atoms. The van der Waals surface area contributed by atoms with Gasteiger partial charge in [-0.15, -0.1) is 0 Å². The van der Waals surface area contributed by atoms with Crippen LogP contribution in [-0.4, -0.2) is 47.4 Å². The van der Waals surface area contributed by atoms with Crippen LogP contribution in [0.5, 0.6) is 0 Å². The highest BCUT2D eigenvalue weighted by atomic mass is 16.5. The van der Waals surface area contributed by atoms with Gasteiger partial charge >= 0.3 is 5.97 Å². The highest BCUT2D eigenvalue weighted by molar-refractivity contribution is 5.76. The average Bonchev–Trinajstić information content (AvgIpc) is 3.36. The summed E-state index contributed by atoms with van der Waals surface area (Å²) in [4.78, 5) is 24.5. The molecule has 0 radical (unpaired) electrons. The number of hydrogen-bond acceptors (Lipinski definition) is 5. The fraction of sp³-hybridized carbons (Fsp3) is 0.906. The lowest BCUT2D eigenvalue weighted by atomic mass is 10.0. The van der Waals surface area contributed by atoms with E-state index in [-0.39, 0.29) is 18.5 Å². The number of nitrogens with one attached hydrogen (secondary N) is 1. The molecule has 0 aromatic rings. The number of aliphatic hydroxyl groups is 2. The quantitative estimate of drug-likeness (QED) is 0.0321. The number of rotatable bonds is 59. The van der Waals surface area contributed by atoms with Gasteiger partial charge in [0.05, 0.1) is 25.4 Å². The van der Waals surface area contributed by atoms with Gasteiger partial charge in [0.15, 0.2) is 0 Å². The van der Waals surface area contributed by atoms with Gasteiger partial charge in [-0.3, -0.25) is 9.59 Å². The van der Waals surface area contributed by atoms with Crippen molar-refractivity contribution in [3.8, 4) is 0 Å². The SMILES string of the molecule is CCCCCCCCC/C=C\CCCCCCCC(=O)OCCCCCCCCCCCCCC/C=C\CCCCCCCCCCCCCCC(=O)NC(CO)C(O)CCCCCCCCCCC. The number of hydrogen-bond donors (Lipinski definition) is 3. The number of aliphatic hydroxyl groups excluding tert-OH is 2. The van der Waals surface area contributed by atoms with E-state index in [0.717, 1.165) is 44.9 Å². The monoisotopic (exact) mass is 986 g/mol. The van der Waals surface area contributed by atoms with E-state index in [1.807, 2.05) is 0 Å². The third-order valence-corrected chi connectivity index (χ3v) is 14.7. The first-order valence-corrected chi connectivity index (χ1v) is 31.6. The zero-order chi connectivity index (χ0) is 50.7. The maximum absolute atomic E-state index is 12.4. The third kappa shape index (κ3) is 55.7. The minimum Gasteiger partial charge on any atom is -0.466 e. The number of ether oxygens (including phenoxy) is 1. The van der Waals surface area contributed by atoms with E-state index in [0.29, 0.717) is 25.9 Å². The first kappa shape index (κ1) is 68.3. The largest absolute Gasteiger partial charge is 0.466 e. The Balaban J connectivity index is 3.34. The Morgan fingerprint density at radius 3 is 1.01 bits per heavy atom. The van der Waals surface area contributed by atoms with Gasteiger partial charge in [-0.1, -0.05) is 282 Å². The van der Waals surface area contributed by atoms with Gasteiger partial charge in [-0.25, -0.2) is 0 Å². The van der Waals surface area contributed by atoms with Crippen LogP contribution in [0.4, 0.5) is 0 Å². The van der Waals surface area contributed by atoms with Crippen molar-refractivity contribution in [2.24, 2.45) is 0 Å². The number of unbranched alkanes of at least 4 members (excludes halogenated alkanes) is 44. The van der Waals surface area contributed by atoms with Gasteiger partial charge in [0.1, 0.15) is 0 Å². The van der Waals surface area contributed by atoms with E-state index in [2.05, 4.69) is 43.5 Å². The van der Waals surface area contributed by atoms with Crippen molar-refractivity contribution in [1.82, 2.24) is 5.32 Å². The van der Waals surface area contributed by atoms with Crippen molar-refractivity contribution >= 4 is 11.9 Å². The minimum atomic E-state index is -0.661. The fourth-order valence-electron chi connectivity index (χ4n) is 9.87. The second-order valence-electron chi connectivity index (χ2n) is 21.7. The van der Waals surface area contributed by atoms with Crippen LogP contribution in [0, 0.1) is 0 Å². The van der Waals surface area contributed by atoms with Crippen molar-refractivity contribution in [3.63, 3.8) is 0 Å². The molecule has 3 N–H and O–H groups in total. The van der Waals surface area contributed by atoms with E-state index in [1.54, 1.807) is 0 Å². The maximum Gasteiger partial charge on any atom is 0.305 e. The summed E-state index contributed by atoms with van der Waals surface area (Å²) < 4.78 is 5.49. The number of esters is 1. The Labute approximate surface area is 437 Å². The highest BCUT2D eigenvalue weighted by Gasteiger charge is 2.20. The van der Waals surface area contributed by atoms with Gasteiger partial charge < -0.3 is 20.3 Å². The zero-order valence-corrected chi connectivity index (χ0v) is 47.3. The third-order valence-electron chi connectivity index (χ3n) is 14.7. The van der Waals surface area contributed by atoms with Crippen molar-refractivity contribution in [2.45, 2.75) is 360 Å². The minimum absolute atomic E-state index is 0.00863. The lowest BCUT2D eigenvalue weighted by Crippen LogP contribution is -2.45. The lowest BCUT2D eigenvalue weighted by molar-refractivity contribution is -0.143. The summed E-state index contributed by atoms with van der Waals surface area (Å²) in [6, 6.07) is -0.539. The molecule has 0 aromatic heterocycles. The molecule has 0 saturated carbocycles. The van der Waals surface area contributed by atoms with Crippen LogP contribution in [0.1, 0.15) is 348 Å². The van der Waals surface area contributed by atoms with Crippen LogP contribution in [-0.2, 0) is 14.3 Å². The molecule has 0 spiro atoms. The van der Waals surface area contributed by atoms with Crippen LogP contribution in [0.15, 0.2) is 24.3 Å². The predicted molar refractivity (Wildman–Crippen MR) is 306 cm³/mol. The van der Waals surface area contributed by atoms with Crippen LogP contribution >= 0.6 is 0 Å². The molecule has 0 aliphatic heterocycles.